The van der Waals surface area contributed by atoms with Gasteiger partial charge in [-0.3, -0.25) is 5.43 Å². The molecule has 18 heavy (non-hydrogen) atoms. The van der Waals surface area contributed by atoms with Crippen molar-refractivity contribution in [2.75, 3.05) is 5.43 Å². The predicted octanol–water partition coefficient (Wildman–Crippen LogP) is 4.63. The van der Waals surface area contributed by atoms with Crippen molar-refractivity contribution >= 4 is 38.6 Å². The fourth-order valence-corrected chi connectivity index (χ4v) is 2.25. The molecule has 1 N–H and O–H groups in total. The van der Waals surface area contributed by atoms with Crippen molar-refractivity contribution in [1.82, 2.24) is 4.98 Å². The van der Waals surface area contributed by atoms with Crippen LogP contribution in [0.2, 0.25) is 0 Å². The van der Waals surface area contributed by atoms with Crippen LogP contribution < -0.4 is 5.43 Å². The Kier molecular flexibility index (Phi) is 4.49. The average molecular weight is 324 g/mol. The molecule has 2 rings (SSSR count). The molecule has 3 nitrogen and oxygen atoms in total. The maximum absolute atomic E-state index is 4.49. The van der Waals surface area contributed by atoms with E-state index in [0.717, 1.165) is 20.9 Å². The molecule has 0 atom stereocenters. The number of nitrogens with one attached hydrogen (secondary N) is 1. The van der Waals surface area contributed by atoms with Gasteiger partial charge in [0.05, 0.1) is 5.69 Å². The molecule has 0 aliphatic rings. The van der Waals surface area contributed by atoms with Crippen LogP contribution in [-0.2, 0) is 0 Å². The molecule has 94 valence electrons. The fourth-order valence-electron chi connectivity index (χ4n) is 1.32. The summed E-state index contributed by atoms with van der Waals surface area (Å²) in [6.45, 7) is 4.17. The van der Waals surface area contributed by atoms with Crippen molar-refractivity contribution < 1.29 is 0 Å². The van der Waals surface area contributed by atoms with Crippen molar-refractivity contribution in [3.63, 3.8) is 0 Å². The van der Waals surface area contributed by atoms with E-state index in [-0.39, 0.29) is 0 Å². The molecule has 0 saturated heterocycles. The minimum Gasteiger partial charge on any atom is -0.253 e. The Morgan fingerprint density at radius 3 is 2.72 bits per heavy atom. The molecule has 0 bridgehead atoms. The SMILES string of the molecule is CC(C)/C=N\Nc1nc(-c2ccc(Br)cc2)cs1. The summed E-state index contributed by atoms with van der Waals surface area (Å²) >= 11 is 4.97. The lowest BCUT2D eigenvalue weighted by molar-refractivity contribution is 0.904. The summed E-state index contributed by atoms with van der Waals surface area (Å²) < 4.78 is 1.07. The minimum atomic E-state index is 0.434. The highest BCUT2D eigenvalue weighted by Gasteiger charge is 2.03. The molecule has 5 heteroatoms. The number of nitrogens with zero attached hydrogens (tertiary/aromatic N) is 2. The molecule has 0 spiro atoms. The van der Waals surface area contributed by atoms with Gasteiger partial charge in [0.25, 0.3) is 0 Å². The summed E-state index contributed by atoms with van der Waals surface area (Å²) in [5.74, 6) is 0.434. The zero-order valence-electron chi connectivity index (χ0n) is 10.2. The van der Waals surface area contributed by atoms with Gasteiger partial charge in [-0.2, -0.15) is 5.10 Å². The van der Waals surface area contributed by atoms with Gasteiger partial charge in [0, 0.05) is 21.6 Å². The molecule has 1 aromatic carbocycles. The second-order valence-electron chi connectivity index (χ2n) is 4.18. The number of halogens is 1. The lowest BCUT2D eigenvalue weighted by Gasteiger charge is -1.97. The van der Waals surface area contributed by atoms with Crippen LogP contribution in [0.1, 0.15) is 13.8 Å². The van der Waals surface area contributed by atoms with Crippen molar-refractivity contribution in [2.24, 2.45) is 11.0 Å². The number of thiazole rings is 1. The summed E-state index contributed by atoms with van der Waals surface area (Å²) in [5.41, 5.74) is 5.02. The van der Waals surface area contributed by atoms with Gasteiger partial charge in [0.2, 0.25) is 5.13 Å². The third-order valence-electron chi connectivity index (χ3n) is 2.18. The molecule has 0 aliphatic heterocycles. The second kappa shape index (κ2) is 6.11. The Morgan fingerprint density at radius 2 is 2.06 bits per heavy atom. The van der Waals surface area contributed by atoms with Gasteiger partial charge in [-0.15, -0.1) is 11.3 Å². The number of anilines is 1. The molecule has 2 aromatic rings. The molecular weight excluding hydrogens is 310 g/mol. The maximum Gasteiger partial charge on any atom is 0.203 e. The van der Waals surface area contributed by atoms with Crippen LogP contribution >= 0.6 is 27.3 Å². The Morgan fingerprint density at radius 1 is 1.33 bits per heavy atom. The zero-order chi connectivity index (χ0) is 13.0. The number of hydrazone groups is 1. The number of hydrogen-bond donors (Lipinski definition) is 1. The van der Waals surface area contributed by atoms with E-state index >= 15 is 0 Å². The van der Waals surface area contributed by atoms with Gasteiger partial charge in [-0.1, -0.05) is 41.9 Å². The van der Waals surface area contributed by atoms with Crippen LogP contribution in [0, 0.1) is 5.92 Å². The number of rotatable bonds is 4. The highest BCUT2D eigenvalue weighted by Crippen LogP contribution is 2.25. The third kappa shape index (κ3) is 3.65. The van der Waals surface area contributed by atoms with E-state index in [1.807, 2.05) is 35.9 Å². The van der Waals surface area contributed by atoms with Gasteiger partial charge in [-0.05, 0) is 18.1 Å². The molecule has 0 saturated carbocycles. The first-order chi connectivity index (χ1) is 8.65. The van der Waals surface area contributed by atoms with Crippen molar-refractivity contribution in [3.8, 4) is 11.3 Å². The van der Waals surface area contributed by atoms with Crippen molar-refractivity contribution in [3.05, 3.63) is 34.1 Å². The standard InChI is InChI=1S/C13H14BrN3S/c1-9(2)7-15-17-13-16-12(8-18-13)10-3-5-11(14)6-4-10/h3-9H,1-2H3,(H,16,17)/b15-7-. The van der Waals surface area contributed by atoms with E-state index in [4.69, 9.17) is 0 Å². The third-order valence-corrected chi connectivity index (χ3v) is 3.45. The van der Waals surface area contributed by atoms with E-state index in [0.29, 0.717) is 5.92 Å². The van der Waals surface area contributed by atoms with E-state index in [1.54, 1.807) is 11.3 Å². The quantitative estimate of drug-likeness (QED) is 0.658. The van der Waals surface area contributed by atoms with Gasteiger partial charge >= 0.3 is 0 Å². The van der Waals surface area contributed by atoms with Gasteiger partial charge in [-0.25, -0.2) is 4.98 Å². The molecule has 0 fully saturated rings. The normalized spacial score (nSPS) is 11.3. The summed E-state index contributed by atoms with van der Waals surface area (Å²) in [5, 5.41) is 6.96. The molecule has 0 unspecified atom stereocenters. The van der Waals surface area contributed by atoms with Crippen LogP contribution in [0.25, 0.3) is 11.3 Å². The van der Waals surface area contributed by atoms with Gasteiger partial charge in [0.15, 0.2) is 0 Å². The maximum atomic E-state index is 4.49. The Bertz CT molecular complexity index is 531. The van der Waals surface area contributed by atoms with Crippen LogP contribution in [0.4, 0.5) is 5.13 Å². The fraction of sp³-hybridized carbons (Fsp3) is 0.231. The first kappa shape index (κ1) is 13.2. The Hall–Kier alpha value is -1.20. The first-order valence-corrected chi connectivity index (χ1v) is 7.33. The summed E-state index contributed by atoms with van der Waals surface area (Å²) in [6, 6.07) is 8.11. The van der Waals surface area contributed by atoms with Gasteiger partial charge < -0.3 is 0 Å². The van der Waals surface area contributed by atoms with E-state index in [1.165, 1.54) is 0 Å². The topological polar surface area (TPSA) is 37.3 Å². The highest BCUT2D eigenvalue weighted by molar-refractivity contribution is 9.10. The highest BCUT2D eigenvalue weighted by atomic mass is 79.9. The van der Waals surface area contributed by atoms with Crippen LogP contribution in [0.15, 0.2) is 39.2 Å². The first-order valence-electron chi connectivity index (χ1n) is 5.66. The number of benzene rings is 1. The monoisotopic (exact) mass is 323 g/mol. The predicted molar refractivity (Wildman–Crippen MR) is 82.2 cm³/mol. The molecule has 0 aliphatic carbocycles. The van der Waals surface area contributed by atoms with Crippen LogP contribution in [0.3, 0.4) is 0 Å². The summed E-state index contributed by atoms with van der Waals surface area (Å²) in [4.78, 5) is 4.49. The summed E-state index contributed by atoms with van der Waals surface area (Å²) in [6.07, 6.45) is 1.86. The van der Waals surface area contributed by atoms with Crippen LogP contribution in [-0.4, -0.2) is 11.2 Å². The number of hydrogen-bond acceptors (Lipinski definition) is 4. The van der Waals surface area contributed by atoms with Crippen molar-refractivity contribution in [2.45, 2.75) is 13.8 Å². The Labute approximate surface area is 119 Å². The molecule has 0 amide bonds. The number of aromatic nitrogens is 1. The average Bonchev–Trinajstić information content (AvgIpc) is 2.78. The molecule has 0 radical (unpaired) electrons. The van der Waals surface area contributed by atoms with Crippen molar-refractivity contribution in [1.29, 1.82) is 0 Å². The molecule has 1 heterocycles. The van der Waals surface area contributed by atoms with Crippen LogP contribution in [0.5, 0.6) is 0 Å². The second-order valence-corrected chi connectivity index (χ2v) is 5.95. The Balaban J connectivity index is 2.08. The lowest BCUT2D eigenvalue weighted by atomic mass is 10.2. The zero-order valence-corrected chi connectivity index (χ0v) is 12.6. The molecular formula is C13H14BrN3S. The molecule has 1 aromatic heterocycles. The minimum absolute atomic E-state index is 0.434. The van der Waals surface area contributed by atoms with E-state index in [9.17, 15) is 0 Å². The summed E-state index contributed by atoms with van der Waals surface area (Å²) in [7, 11) is 0. The smallest absolute Gasteiger partial charge is 0.203 e. The van der Waals surface area contributed by atoms with Gasteiger partial charge in [0.1, 0.15) is 0 Å². The largest absolute Gasteiger partial charge is 0.253 e. The van der Waals surface area contributed by atoms with E-state index < -0.39 is 0 Å². The van der Waals surface area contributed by atoms with E-state index in [2.05, 4.69) is 45.3 Å². The lowest BCUT2D eigenvalue weighted by Crippen LogP contribution is -1.93.